The molecular weight excluding hydrogens is 448 g/mol. The van der Waals surface area contributed by atoms with Crippen LogP contribution in [0.25, 0.3) is 0 Å². The van der Waals surface area contributed by atoms with Gasteiger partial charge in [0.2, 0.25) is 15.9 Å². The van der Waals surface area contributed by atoms with Crippen LogP contribution in [0.3, 0.4) is 0 Å². The van der Waals surface area contributed by atoms with Gasteiger partial charge >= 0.3 is 0 Å². The summed E-state index contributed by atoms with van der Waals surface area (Å²) >= 11 is 0. The Morgan fingerprint density at radius 1 is 1.00 bits per heavy atom. The van der Waals surface area contributed by atoms with Crippen LogP contribution in [-0.4, -0.2) is 83.9 Å². The fourth-order valence-electron chi connectivity index (χ4n) is 4.53. The molecular formula is C22H28N4O6S. The Balaban J connectivity index is 1.32. The maximum atomic E-state index is 13.0. The number of nitrogens with zero attached hydrogens (tertiary/aromatic N) is 4. The van der Waals surface area contributed by atoms with E-state index in [-0.39, 0.29) is 52.8 Å². The molecule has 2 amide bonds. The third-order valence-electron chi connectivity index (χ3n) is 6.38. The summed E-state index contributed by atoms with van der Waals surface area (Å²) in [6, 6.07) is 6.42. The minimum Gasteiger partial charge on any atom is -0.507 e. The molecule has 4 rings (SSSR count). The number of benzene rings is 1. The number of piperazine rings is 1. The summed E-state index contributed by atoms with van der Waals surface area (Å²) in [6.45, 7) is 5.29. The number of rotatable bonds is 4. The number of hydrogen-bond acceptors (Lipinski definition) is 7. The van der Waals surface area contributed by atoms with Crippen molar-refractivity contribution >= 4 is 21.8 Å². The zero-order valence-electron chi connectivity index (χ0n) is 18.7. The van der Waals surface area contributed by atoms with E-state index in [1.165, 1.54) is 10.4 Å². The maximum Gasteiger partial charge on any atom is 0.257 e. The summed E-state index contributed by atoms with van der Waals surface area (Å²) in [6.07, 6.45) is 0.886. The van der Waals surface area contributed by atoms with E-state index in [1.54, 1.807) is 41.8 Å². The van der Waals surface area contributed by atoms with E-state index in [4.69, 9.17) is 4.52 Å². The lowest BCUT2D eigenvalue weighted by Gasteiger charge is -2.38. The lowest BCUT2D eigenvalue weighted by Crippen LogP contribution is -2.53. The number of carbonyl (C=O) groups is 2. The predicted octanol–water partition coefficient (Wildman–Crippen LogP) is 1.38. The second-order valence-corrected chi connectivity index (χ2v) is 10.3. The van der Waals surface area contributed by atoms with Gasteiger partial charge in [-0.3, -0.25) is 9.59 Å². The van der Waals surface area contributed by atoms with Gasteiger partial charge < -0.3 is 19.4 Å². The Labute approximate surface area is 192 Å². The van der Waals surface area contributed by atoms with Gasteiger partial charge in [-0.1, -0.05) is 17.3 Å². The number of carbonyl (C=O) groups excluding carboxylic acids is 2. The van der Waals surface area contributed by atoms with Crippen molar-refractivity contribution in [3.63, 3.8) is 0 Å². The van der Waals surface area contributed by atoms with Crippen LogP contribution in [0.4, 0.5) is 0 Å². The standard InChI is InChI=1S/C22H28N4O6S/c1-15-20(16(2)32-23-15)33(30,31)26-9-7-17(8-10-26)21(28)24-11-13-25(14-12-24)22(29)18-5-3-4-6-19(18)27/h3-6,17,27H,7-14H2,1-2H3. The highest BCUT2D eigenvalue weighted by Crippen LogP contribution is 2.29. The molecule has 2 fully saturated rings. The molecule has 0 unspecified atom stereocenters. The van der Waals surface area contributed by atoms with Crippen molar-refractivity contribution in [3.8, 4) is 5.75 Å². The van der Waals surface area contributed by atoms with E-state index in [1.807, 2.05) is 0 Å². The van der Waals surface area contributed by atoms with Crippen LogP contribution in [0.5, 0.6) is 5.75 Å². The molecule has 2 saturated heterocycles. The van der Waals surface area contributed by atoms with Crippen LogP contribution >= 0.6 is 0 Å². The van der Waals surface area contributed by atoms with E-state index < -0.39 is 10.0 Å². The minimum absolute atomic E-state index is 0.000885. The third kappa shape index (κ3) is 4.47. The highest BCUT2D eigenvalue weighted by Gasteiger charge is 2.37. The molecule has 0 bridgehead atoms. The molecule has 1 aromatic heterocycles. The van der Waals surface area contributed by atoms with Gasteiger partial charge in [-0.2, -0.15) is 4.31 Å². The Hall–Kier alpha value is -2.92. The summed E-state index contributed by atoms with van der Waals surface area (Å²) in [5.41, 5.74) is 0.589. The second kappa shape index (κ2) is 9.14. The number of phenols is 1. The molecule has 0 spiro atoms. The number of para-hydroxylation sites is 1. The van der Waals surface area contributed by atoms with Crippen molar-refractivity contribution in [1.29, 1.82) is 0 Å². The minimum atomic E-state index is -3.71. The van der Waals surface area contributed by atoms with Gasteiger partial charge in [-0.15, -0.1) is 0 Å². The first-order valence-electron chi connectivity index (χ1n) is 11.0. The van der Waals surface area contributed by atoms with Gasteiger partial charge in [0.25, 0.3) is 5.91 Å². The summed E-state index contributed by atoms with van der Waals surface area (Å²) in [5, 5.41) is 13.7. The van der Waals surface area contributed by atoms with E-state index in [9.17, 15) is 23.1 Å². The molecule has 1 N–H and O–H groups in total. The molecule has 3 heterocycles. The summed E-state index contributed by atoms with van der Waals surface area (Å²) in [5.74, 6) is -0.292. The van der Waals surface area contributed by atoms with E-state index in [0.717, 1.165) is 0 Å². The van der Waals surface area contributed by atoms with Gasteiger partial charge in [0.05, 0.1) is 5.56 Å². The Morgan fingerprint density at radius 2 is 1.61 bits per heavy atom. The number of piperidine rings is 1. The van der Waals surface area contributed by atoms with Crippen LogP contribution in [-0.2, 0) is 14.8 Å². The van der Waals surface area contributed by atoms with Crippen LogP contribution in [0.15, 0.2) is 33.7 Å². The quantitative estimate of drug-likeness (QED) is 0.707. The highest BCUT2D eigenvalue weighted by atomic mass is 32.2. The van der Waals surface area contributed by atoms with E-state index in [2.05, 4.69) is 5.16 Å². The van der Waals surface area contributed by atoms with E-state index in [0.29, 0.717) is 44.7 Å². The topological polar surface area (TPSA) is 124 Å². The first-order valence-corrected chi connectivity index (χ1v) is 12.4. The fraction of sp³-hybridized carbons (Fsp3) is 0.500. The number of aryl methyl sites for hydroxylation is 2. The molecule has 0 aliphatic carbocycles. The van der Waals surface area contributed by atoms with Crippen molar-refractivity contribution in [3.05, 3.63) is 41.3 Å². The normalized spacial score (nSPS) is 18.5. The first kappa shape index (κ1) is 23.2. The number of sulfonamides is 1. The zero-order chi connectivity index (χ0) is 23.8. The summed E-state index contributed by atoms with van der Waals surface area (Å²) in [4.78, 5) is 29.2. The molecule has 178 valence electrons. The lowest BCUT2D eigenvalue weighted by atomic mass is 9.96. The molecule has 2 aromatic rings. The highest BCUT2D eigenvalue weighted by molar-refractivity contribution is 7.89. The fourth-order valence-corrected chi connectivity index (χ4v) is 6.29. The van der Waals surface area contributed by atoms with Crippen molar-refractivity contribution in [2.24, 2.45) is 5.92 Å². The Morgan fingerprint density at radius 3 is 2.18 bits per heavy atom. The first-order chi connectivity index (χ1) is 15.7. The summed E-state index contributed by atoms with van der Waals surface area (Å²) in [7, 11) is -3.71. The van der Waals surface area contributed by atoms with Gasteiger partial charge in [-0.25, -0.2) is 8.42 Å². The SMILES string of the molecule is Cc1noc(C)c1S(=O)(=O)N1CCC(C(=O)N2CCN(C(=O)c3ccccc3O)CC2)CC1. The van der Waals surface area contributed by atoms with Gasteiger partial charge in [0.1, 0.15) is 16.3 Å². The van der Waals surface area contributed by atoms with Crippen molar-refractivity contribution in [2.75, 3.05) is 39.3 Å². The molecule has 11 heteroatoms. The number of aromatic nitrogens is 1. The van der Waals surface area contributed by atoms with Gasteiger partial charge in [-0.05, 0) is 38.8 Å². The molecule has 1 aromatic carbocycles. The van der Waals surface area contributed by atoms with Crippen LogP contribution < -0.4 is 0 Å². The van der Waals surface area contributed by atoms with Gasteiger partial charge in [0, 0.05) is 45.2 Å². The lowest BCUT2D eigenvalue weighted by molar-refractivity contribution is -0.138. The van der Waals surface area contributed by atoms with Gasteiger partial charge in [0.15, 0.2) is 5.76 Å². The largest absolute Gasteiger partial charge is 0.507 e. The molecule has 0 radical (unpaired) electrons. The molecule has 33 heavy (non-hydrogen) atoms. The number of phenolic OH excluding ortho intramolecular Hbond substituents is 1. The van der Waals surface area contributed by atoms with Crippen molar-refractivity contribution < 1.29 is 27.6 Å². The van der Waals surface area contributed by atoms with Crippen LogP contribution in [0.2, 0.25) is 0 Å². The number of aromatic hydroxyl groups is 1. The molecule has 2 aliphatic heterocycles. The van der Waals surface area contributed by atoms with E-state index >= 15 is 0 Å². The predicted molar refractivity (Wildman–Crippen MR) is 118 cm³/mol. The van der Waals surface area contributed by atoms with Crippen molar-refractivity contribution in [1.82, 2.24) is 19.3 Å². The number of amides is 2. The molecule has 2 aliphatic rings. The smallest absolute Gasteiger partial charge is 0.257 e. The second-order valence-electron chi connectivity index (χ2n) is 8.47. The van der Waals surface area contributed by atoms with Crippen molar-refractivity contribution in [2.45, 2.75) is 31.6 Å². The average molecular weight is 477 g/mol. The molecule has 0 saturated carbocycles. The monoisotopic (exact) mass is 476 g/mol. The van der Waals surface area contributed by atoms with Crippen LogP contribution in [0, 0.1) is 19.8 Å². The maximum absolute atomic E-state index is 13.0. The zero-order valence-corrected chi connectivity index (χ0v) is 19.5. The Kier molecular flexibility index (Phi) is 6.44. The molecule has 10 nitrogen and oxygen atoms in total. The summed E-state index contributed by atoms with van der Waals surface area (Å²) < 4.78 is 32.4. The Bertz CT molecular complexity index is 1130. The van der Waals surface area contributed by atoms with Crippen LogP contribution in [0.1, 0.15) is 34.7 Å². The third-order valence-corrected chi connectivity index (χ3v) is 8.53. The molecule has 0 atom stereocenters. The average Bonchev–Trinajstić information content (AvgIpc) is 3.17. The number of hydrogen-bond donors (Lipinski definition) is 1.